The van der Waals surface area contributed by atoms with Crippen LogP contribution in [0, 0.1) is 51.2 Å². The second-order valence-electron chi connectivity index (χ2n) is 14.7. The summed E-state index contributed by atoms with van der Waals surface area (Å²) in [4.78, 5) is 11.8. The Bertz CT molecular complexity index is 808. The summed E-state index contributed by atoms with van der Waals surface area (Å²) in [6.07, 6.45) is 15.9. The minimum Gasteiger partial charge on any atom is -0.462 e. The van der Waals surface area contributed by atoms with Gasteiger partial charge in [0.2, 0.25) is 0 Å². The summed E-state index contributed by atoms with van der Waals surface area (Å²) < 4.78 is 5.87. The highest BCUT2D eigenvalue weighted by Crippen LogP contribution is 2.73. The van der Waals surface area contributed by atoms with Crippen LogP contribution in [0.4, 0.5) is 0 Å². The number of carbonyl (C=O) groups is 1. The maximum Gasteiger partial charge on any atom is 0.302 e. The van der Waals surface area contributed by atoms with E-state index in [9.17, 15) is 4.79 Å². The van der Waals surface area contributed by atoms with Crippen LogP contribution in [-0.4, -0.2) is 12.1 Å². The summed E-state index contributed by atoms with van der Waals surface area (Å²) in [5, 5.41) is 0. The van der Waals surface area contributed by atoms with Crippen molar-refractivity contribution in [3.8, 4) is 0 Å². The van der Waals surface area contributed by atoms with Crippen molar-refractivity contribution in [1.82, 2.24) is 0 Å². The third-order valence-electron chi connectivity index (χ3n) is 12.3. The molecule has 0 bridgehead atoms. The molecule has 194 valence electrons. The summed E-state index contributed by atoms with van der Waals surface area (Å²) in [5.74, 6) is 3.72. The zero-order valence-corrected chi connectivity index (χ0v) is 23.9. The van der Waals surface area contributed by atoms with Gasteiger partial charge in [0, 0.05) is 12.3 Å². The lowest BCUT2D eigenvalue weighted by Gasteiger charge is -2.64. The zero-order valence-electron chi connectivity index (χ0n) is 23.9. The molecule has 0 aromatic carbocycles. The molecule has 0 radical (unpaired) electrons. The van der Waals surface area contributed by atoms with Crippen molar-refractivity contribution in [2.45, 2.75) is 133 Å². The Labute approximate surface area is 211 Å². The summed E-state index contributed by atoms with van der Waals surface area (Å²) >= 11 is 0. The molecule has 0 unspecified atom stereocenters. The summed E-state index contributed by atoms with van der Waals surface area (Å²) in [5.41, 5.74) is 3.00. The van der Waals surface area contributed by atoms with Gasteiger partial charge in [0.1, 0.15) is 6.10 Å². The van der Waals surface area contributed by atoms with Crippen LogP contribution >= 0.6 is 0 Å². The third kappa shape index (κ3) is 3.92. The highest BCUT2D eigenvalue weighted by molar-refractivity contribution is 5.66. The molecular formula is C32H54O2. The monoisotopic (exact) mass is 470 g/mol. The van der Waals surface area contributed by atoms with Crippen LogP contribution in [0.1, 0.15) is 127 Å². The first-order valence-corrected chi connectivity index (χ1v) is 14.6. The van der Waals surface area contributed by atoms with Gasteiger partial charge in [-0.1, -0.05) is 86.3 Å². The van der Waals surface area contributed by atoms with Crippen molar-refractivity contribution in [3.05, 3.63) is 11.6 Å². The number of ether oxygens (including phenoxy) is 1. The predicted octanol–water partition coefficient (Wildman–Crippen LogP) is 8.99. The van der Waals surface area contributed by atoms with Gasteiger partial charge in [0.25, 0.3) is 0 Å². The molecule has 0 aromatic rings. The van der Waals surface area contributed by atoms with Gasteiger partial charge in [-0.2, -0.15) is 0 Å². The van der Waals surface area contributed by atoms with Crippen molar-refractivity contribution < 1.29 is 9.53 Å². The van der Waals surface area contributed by atoms with Crippen LogP contribution in [0.3, 0.4) is 0 Å². The minimum atomic E-state index is -0.117. The van der Waals surface area contributed by atoms with E-state index >= 15 is 0 Å². The molecule has 4 aliphatic carbocycles. The van der Waals surface area contributed by atoms with E-state index in [1.165, 1.54) is 51.4 Å². The average molecular weight is 471 g/mol. The predicted molar refractivity (Wildman–Crippen MR) is 142 cm³/mol. The second-order valence-corrected chi connectivity index (χ2v) is 14.7. The van der Waals surface area contributed by atoms with Crippen LogP contribution in [-0.2, 0) is 9.53 Å². The molecule has 4 aliphatic rings. The van der Waals surface area contributed by atoms with Gasteiger partial charge in [0.15, 0.2) is 0 Å². The molecule has 2 nitrogen and oxygen atoms in total. The van der Waals surface area contributed by atoms with Gasteiger partial charge >= 0.3 is 5.97 Å². The largest absolute Gasteiger partial charge is 0.462 e. The minimum absolute atomic E-state index is 0.0332. The molecule has 0 heterocycles. The molecule has 3 saturated carbocycles. The van der Waals surface area contributed by atoms with Crippen molar-refractivity contribution in [2.75, 3.05) is 0 Å². The highest BCUT2D eigenvalue weighted by atomic mass is 16.5. The van der Waals surface area contributed by atoms with E-state index in [1.807, 2.05) is 5.57 Å². The first-order valence-electron chi connectivity index (χ1n) is 14.6. The Morgan fingerprint density at radius 2 is 1.71 bits per heavy atom. The number of allylic oxidation sites excluding steroid dienone is 2. The maximum absolute atomic E-state index is 11.8. The molecule has 8 atom stereocenters. The number of esters is 1. The van der Waals surface area contributed by atoms with Gasteiger partial charge in [-0.25, -0.2) is 0 Å². The van der Waals surface area contributed by atoms with E-state index in [2.05, 4.69) is 61.5 Å². The lowest BCUT2D eigenvalue weighted by molar-refractivity contribution is -0.174. The Hall–Kier alpha value is -0.790. The molecular weight excluding hydrogens is 416 g/mol. The standard InChI is InChI=1S/C32H54O2/c1-21(2)11-10-12-22(3)24-15-19-32(9)26-13-14-27-29(5,6)28(34-23(4)33)17-18-30(27,7)25(26)16-20-31(24,32)8/h13,21-22,24-25,27-28H,10-12,14-20H2,1-9H3/t22-,24-,25+,27+,28+,30-,31-,32+/m1/s1. The smallest absolute Gasteiger partial charge is 0.302 e. The molecule has 4 rings (SSSR count). The number of hydrogen-bond donors (Lipinski definition) is 0. The fourth-order valence-electron chi connectivity index (χ4n) is 10.1. The lowest BCUT2D eigenvalue weighted by atomic mass is 9.41. The lowest BCUT2D eigenvalue weighted by Crippen LogP contribution is -2.58. The number of carbonyl (C=O) groups excluding carboxylic acids is 1. The molecule has 2 heteroatoms. The number of fused-ring (bicyclic) bond motifs is 5. The van der Waals surface area contributed by atoms with Crippen LogP contribution in [0.25, 0.3) is 0 Å². The molecule has 0 spiro atoms. The molecule has 0 saturated heterocycles. The van der Waals surface area contributed by atoms with Crippen LogP contribution in [0.5, 0.6) is 0 Å². The van der Waals surface area contributed by atoms with Crippen LogP contribution in [0.15, 0.2) is 11.6 Å². The quantitative estimate of drug-likeness (QED) is 0.286. The fraction of sp³-hybridized carbons (Fsp3) is 0.906. The highest BCUT2D eigenvalue weighted by Gasteiger charge is 2.65. The maximum atomic E-state index is 11.8. The SMILES string of the molecule is CC(=O)O[C@H]1CC[C@]2(C)[C@H]3CC[C@]4(C)[C@@H]([C@H](C)CCCC(C)C)CC[C@@]4(C)C3=CC[C@H]2C1(C)C. The van der Waals surface area contributed by atoms with Gasteiger partial charge < -0.3 is 4.74 Å². The van der Waals surface area contributed by atoms with Crippen LogP contribution in [0.2, 0.25) is 0 Å². The molecule has 0 N–H and O–H groups in total. The van der Waals surface area contributed by atoms with Gasteiger partial charge in [-0.05, 0) is 90.8 Å². The van der Waals surface area contributed by atoms with Gasteiger partial charge in [-0.15, -0.1) is 0 Å². The average Bonchev–Trinajstić information content (AvgIpc) is 3.01. The van der Waals surface area contributed by atoms with Gasteiger partial charge in [-0.3, -0.25) is 4.79 Å². The van der Waals surface area contributed by atoms with Crippen molar-refractivity contribution in [2.24, 2.45) is 51.2 Å². The topological polar surface area (TPSA) is 26.3 Å². The van der Waals surface area contributed by atoms with Crippen molar-refractivity contribution >= 4 is 5.97 Å². The van der Waals surface area contributed by atoms with Gasteiger partial charge in [0.05, 0.1) is 0 Å². The van der Waals surface area contributed by atoms with Crippen LogP contribution < -0.4 is 0 Å². The Balaban J connectivity index is 1.59. The third-order valence-corrected chi connectivity index (χ3v) is 12.3. The summed E-state index contributed by atoms with van der Waals surface area (Å²) in [7, 11) is 0. The first-order chi connectivity index (χ1) is 15.8. The molecule has 0 aromatic heterocycles. The van der Waals surface area contributed by atoms with E-state index in [0.29, 0.717) is 28.1 Å². The van der Waals surface area contributed by atoms with E-state index in [1.54, 1.807) is 6.92 Å². The Kier molecular flexibility index (Phi) is 6.92. The van der Waals surface area contributed by atoms with Crippen molar-refractivity contribution in [3.63, 3.8) is 0 Å². The normalized spacial score (nSPS) is 44.0. The Morgan fingerprint density at radius 3 is 2.35 bits per heavy atom. The molecule has 0 amide bonds. The first kappa shape index (κ1) is 26.3. The van der Waals surface area contributed by atoms with E-state index in [-0.39, 0.29) is 17.5 Å². The molecule has 0 aliphatic heterocycles. The van der Waals surface area contributed by atoms with E-state index in [4.69, 9.17) is 4.74 Å². The summed E-state index contributed by atoms with van der Waals surface area (Å²) in [6, 6.07) is 0. The van der Waals surface area contributed by atoms with E-state index < -0.39 is 0 Å². The number of rotatable bonds is 6. The fourth-order valence-corrected chi connectivity index (χ4v) is 10.1. The Morgan fingerprint density at radius 1 is 1.00 bits per heavy atom. The van der Waals surface area contributed by atoms with Crippen molar-refractivity contribution in [1.29, 1.82) is 0 Å². The second kappa shape index (κ2) is 8.95. The number of hydrogen-bond acceptors (Lipinski definition) is 2. The van der Waals surface area contributed by atoms with E-state index in [0.717, 1.165) is 30.6 Å². The zero-order chi connectivity index (χ0) is 25.1. The molecule has 3 fully saturated rings. The molecule has 34 heavy (non-hydrogen) atoms. The summed E-state index contributed by atoms with van der Waals surface area (Å²) in [6.45, 7) is 21.6.